The summed E-state index contributed by atoms with van der Waals surface area (Å²) >= 11 is 0. The Labute approximate surface area is 178 Å². The van der Waals surface area contributed by atoms with Crippen LogP contribution in [0.25, 0.3) is 6.08 Å². The molecule has 0 aliphatic rings. The lowest BCUT2D eigenvalue weighted by molar-refractivity contribution is 0.0512. The summed E-state index contributed by atoms with van der Waals surface area (Å²) in [6, 6.07) is 16.4. The van der Waals surface area contributed by atoms with E-state index in [0.29, 0.717) is 5.75 Å². The van der Waals surface area contributed by atoms with Crippen molar-refractivity contribution in [3.05, 3.63) is 72.3 Å². The smallest absolute Gasteiger partial charge is 0.408 e. The Bertz CT molecular complexity index is 875. The van der Waals surface area contributed by atoms with Gasteiger partial charge in [-0.05, 0) is 51.0 Å². The van der Waals surface area contributed by atoms with Gasteiger partial charge in [-0.3, -0.25) is 4.52 Å². The van der Waals surface area contributed by atoms with Crippen LogP contribution in [0.3, 0.4) is 0 Å². The van der Waals surface area contributed by atoms with Gasteiger partial charge in [0.05, 0.1) is 6.61 Å². The maximum atomic E-state index is 13.8. The van der Waals surface area contributed by atoms with Crippen molar-refractivity contribution in [2.24, 2.45) is 0 Å². The van der Waals surface area contributed by atoms with Crippen LogP contribution in [0.1, 0.15) is 38.8 Å². The molecule has 1 N–H and O–H groups in total. The largest absolute Gasteiger partial charge is 0.444 e. The van der Waals surface area contributed by atoms with Gasteiger partial charge in [0.2, 0.25) is 0 Å². The Morgan fingerprint density at radius 3 is 2.30 bits per heavy atom. The molecule has 2 rings (SSSR count). The first kappa shape index (κ1) is 23.7. The molecule has 0 spiro atoms. The fourth-order valence-corrected chi connectivity index (χ4v) is 4.53. The molecular weight excluding hydrogens is 401 g/mol. The summed E-state index contributed by atoms with van der Waals surface area (Å²) in [5.74, 6) is -0.560. The third kappa shape index (κ3) is 7.36. The number of hydrogen-bond acceptors (Lipinski definition) is 5. The van der Waals surface area contributed by atoms with E-state index in [1.807, 2.05) is 30.3 Å². The summed E-state index contributed by atoms with van der Waals surface area (Å²) in [5, 5.41) is 2.70. The van der Waals surface area contributed by atoms with E-state index < -0.39 is 25.1 Å². The topological polar surface area (TPSA) is 73.9 Å². The number of ether oxygens (including phenoxy) is 1. The van der Waals surface area contributed by atoms with E-state index >= 15 is 0 Å². The molecule has 7 heteroatoms. The number of carbonyl (C=O) groups is 1. The van der Waals surface area contributed by atoms with Crippen molar-refractivity contribution >= 4 is 19.8 Å². The van der Waals surface area contributed by atoms with Gasteiger partial charge in [-0.25, -0.2) is 9.36 Å². The number of hydrogen-bond donors (Lipinski definition) is 1. The van der Waals surface area contributed by atoms with Gasteiger partial charge < -0.3 is 14.6 Å². The van der Waals surface area contributed by atoms with E-state index in [4.69, 9.17) is 13.8 Å². The molecule has 2 aromatic carbocycles. The van der Waals surface area contributed by atoms with Crippen molar-refractivity contribution in [1.29, 1.82) is 0 Å². The summed E-state index contributed by atoms with van der Waals surface area (Å²) in [7, 11) is -3.80. The Morgan fingerprint density at radius 1 is 1.13 bits per heavy atom. The minimum atomic E-state index is -3.80. The Balaban J connectivity index is 2.33. The number of benzene rings is 2. The summed E-state index contributed by atoms with van der Waals surface area (Å²) in [6.45, 7) is 10.9. The second-order valence-corrected chi connectivity index (χ2v) is 9.82. The van der Waals surface area contributed by atoms with E-state index in [1.54, 1.807) is 58.0 Å². The predicted molar refractivity (Wildman–Crippen MR) is 120 cm³/mol. The number of carbonyl (C=O) groups excluding carboxylic acids is 1. The number of nitrogens with one attached hydrogen (secondary N) is 1. The maximum Gasteiger partial charge on any atom is 0.408 e. The zero-order valence-corrected chi connectivity index (χ0v) is 18.9. The molecule has 0 saturated carbocycles. The highest BCUT2D eigenvalue weighted by atomic mass is 31.2. The number of amides is 1. The maximum absolute atomic E-state index is 13.8. The van der Waals surface area contributed by atoms with Gasteiger partial charge in [-0.2, -0.15) is 0 Å². The highest BCUT2D eigenvalue weighted by Gasteiger charge is 2.39. The number of rotatable bonds is 9. The van der Waals surface area contributed by atoms with Crippen molar-refractivity contribution < 1.29 is 23.1 Å². The van der Waals surface area contributed by atoms with E-state index in [9.17, 15) is 9.36 Å². The summed E-state index contributed by atoms with van der Waals surface area (Å²) in [4.78, 5) is 12.5. The van der Waals surface area contributed by atoms with Crippen LogP contribution in [0.15, 0.2) is 61.2 Å². The summed E-state index contributed by atoms with van der Waals surface area (Å²) < 4.78 is 30.6. The second kappa shape index (κ2) is 10.5. The first-order chi connectivity index (χ1) is 14.1. The predicted octanol–water partition coefficient (Wildman–Crippen LogP) is 6.03. The molecule has 0 fully saturated rings. The molecule has 0 aliphatic heterocycles. The lowest BCUT2D eigenvalue weighted by Gasteiger charge is -2.29. The molecule has 6 nitrogen and oxygen atoms in total. The van der Waals surface area contributed by atoms with E-state index in [0.717, 1.165) is 11.1 Å². The van der Waals surface area contributed by atoms with Crippen LogP contribution < -0.4 is 9.84 Å². The molecule has 0 saturated heterocycles. The zero-order valence-electron chi connectivity index (χ0n) is 18.0. The van der Waals surface area contributed by atoms with Crippen LogP contribution in [0.2, 0.25) is 0 Å². The van der Waals surface area contributed by atoms with Gasteiger partial charge in [0.25, 0.3) is 0 Å². The fourth-order valence-electron chi connectivity index (χ4n) is 2.69. The summed E-state index contributed by atoms with van der Waals surface area (Å²) in [5.41, 5.74) is 1.09. The zero-order chi connectivity index (χ0) is 22.2. The molecule has 0 aromatic heterocycles. The van der Waals surface area contributed by atoms with Crippen molar-refractivity contribution in [3.8, 4) is 5.75 Å². The monoisotopic (exact) mass is 431 g/mol. The molecule has 162 valence electrons. The molecule has 0 bridgehead atoms. The quantitative estimate of drug-likeness (QED) is 0.491. The molecule has 1 unspecified atom stereocenters. The molecule has 0 aliphatic carbocycles. The van der Waals surface area contributed by atoms with Gasteiger partial charge >= 0.3 is 13.7 Å². The molecule has 1 amide bonds. The van der Waals surface area contributed by atoms with Crippen LogP contribution in [0.4, 0.5) is 4.79 Å². The normalized spacial score (nSPS) is 14.3. The minimum Gasteiger partial charge on any atom is -0.444 e. The Kier molecular flexibility index (Phi) is 8.27. The second-order valence-electron chi connectivity index (χ2n) is 7.67. The van der Waals surface area contributed by atoms with Crippen LogP contribution >= 0.6 is 7.60 Å². The third-order valence-corrected chi connectivity index (χ3v) is 6.15. The number of alkyl carbamates (subject to hydrolysis) is 1. The standard InChI is InChI=1S/C23H30NO5P/c1-6-18-13-15-20(16-14-18)29-30(26,27-7-2)21(17-19-11-9-8-10-12-19)24-22(25)28-23(3,4)5/h6,8-16,21H,1,7,17H2,2-5H3,(H,24,25)/t21-,30?/m0/s1. The molecule has 2 aromatic rings. The SMILES string of the molecule is C=Cc1ccc(OP(=O)(OCC)[C@@H](Cc2ccccc2)NC(=O)OC(C)(C)C)cc1. The molecule has 2 atom stereocenters. The van der Waals surface area contributed by atoms with Crippen molar-refractivity contribution in [2.45, 2.75) is 45.5 Å². The van der Waals surface area contributed by atoms with Gasteiger partial charge in [0, 0.05) is 6.42 Å². The van der Waals surface area contributed by atoms with E-state index in [-0.39, 0.29) is 13.0 Å². The average molecular weight is 431 g/mol. The molecule has 0 radical (unpaired) electrons. The third-order valence-electron chi connectivity index (χ3n) is 3.99. The van der Waals surface area contributed by atoms with Crippen molar-refractivity contribution in [3.63, 3.8) is 0 Å². The van der Waals surface area contributed by atoms with Crippen LogP contribution in [0.5, 0.6) is 5.75 Å². The van der Waals surface area contributed by atoms with E-state index in [1.165, 1.54) is 0 Å². The first-order valence-corrected chi connectivity index (χ1v) is 11.5. The fraction of sp³-hybridized carbons (Fsp3) is 0.348. The van der Waals surface area contributed by atoms with Gasteiger partial charge in [0.15, 0.2) is 0 Å². The van der Waals surface area contributed by atoms with Gasteiger partial charge in [-0.1, -0.05) is 55.1 Å². The van der Waals surface area contributed by atoms with Crippen molar-refractivity contribution in [1.82, 2.24) is 5.32 Å². The highest BCUT2D eigenvalue weighted by Crippen LogP contribution is 2.53. The lowest BCUT2D eigenvalue weighted by Crippen LogP contribution is -2.41. The van der Waals surface area contributed by atoms with Gasteiger partial charge in [-0.15, -0.1) is 0 Å². The Morgan fingerprint density at radius 2 is 1.77 bits per heavy atom. The first-order valence-electron chi connectivity index (χ1n) is 9.85. The molecular formula is C23H30NO5P. The Hall–Kier alpha value is -2.56. The lowest BCUT2D eigenvalue weighted by atomic mass is 10.1. The van der Waals surface area contributed by atoms with Crippen LogP contribution in [0, 0.1) is 0 Å². The average Bonchev–Trinajstić information content (AvgIpc) is 2.67. The van der Waals surface area contributed by atoms with Gasteiger partial charge in [0.1, 0.15) is 17.1 Å². The molecule has 30 heavy (non-hydrogen) atoms. The van der Waals surface area contributed by atoms with Crippen LogP contribution in [-0.4, -0.2) is 24.1 Å². The van der Waals surface area contributed by atoms with E-state index in [2.05, 4.69) is 11.9 Å². The van der Waals surface area contributed by atoms with Crippen LogP contribution in [-0.2, 0) is 20.2 Å². The van der Waals surface area contributed by atoms with Crippen molar-refractivity contribution in [2.75, 3.05) is 6.61 Å². The molecule has 0 heterocycles. The minimum absolute atomic E-state index is 0.156. The highest BCUT2D eigenvalue weighted by molar-refractivity contribution is 7.55. The summed E-state index contributed by atoms with van der Waals surface area (Å²) in [6.07, 6.45) is 1.27.